The van der Waals surface area contributed by atoms with Gasteiger partial charge >= 0.3 is 5.97 Å². The van der Waals surface area contributed by atoms with Crippen LogP contribution in [0, 0.1) is 17.6 Å². The summed E-state index contributed by atoms with van der Waals surface area (Å²) in [6.45, 7) is 2.77. The first-order valence-corrected chi connectivity index (χ1v) is 12.7. The molecule has 3 fully saturated rings. The van der Waals surface area contributed by atoms with Gasteiger partial charge in [-0.3, -0.25) is 4.79 Å². The molecule has 0 aliphatic carbocycles. The first-order chi connectivity index (χ1) is 16.9. The average Bonchev–Trinajstić information content (AvgIpc) is 3.40. The molecule has 3 saturated heterocycles. The summed E-state index contributed by atoms with van der Waals surface area (Å²) in [7, 11) is 0. The summed E-state index contributed by atoms with van der Waals surface area (Å²) < 4.78 is 34.6. The van der Waals surface area contributed by atoms with Crippen molar-refractivity contribution in [2.45, 2.75) is 25.0 Å². The van der Waals surface area contributed by atoms with Crippen LogP contribution < -0.4 is 17.7 Å². The second-order valence-electron chi connectivity index (χ2n) is 9.45. The number of halogens is 3. The number of esters is 1. The molecule has 0 amide bonds. The number of nitrogens with zero attached hydrogens (tertiary/aromatic N) is 1. The largest absolute Gasteiger partial charge is 1.00 e. The Morgan fingerprint density at radius 3 is 2.42 bits per heavy atom. The summed E-state index contributed by atoms with van der Waals surface area (Å²) in [5.74, 6) is -1.10. The maximum atomic E-state index is 14.4. The molecule has 3 aliphatic heterocycles. The summed E-state index contributed by atoms with van der Waals surface area (Å²) in [5, 5.41) is 4.85. The number of hydrogen-bond acceptors (Lipinski definition) is 5. The van der Waals surface area contributed by atoms with Gasteiger partial charge in [0, 0.05) is 18.8 Å². The van der Waals surface area contributed by atoms with Crippen LogP contribution in [0.4, 0.5) is 14.5 Å². The van der Waals surface area contributed by atoms with Gasteiger partial charge < -0.3 is 26.9 Å². The molecule has 3 aromatic rings. The molecular formula is C27H27ClF2N2O3S. The monoisotopic (exact) mass is 532 g/mol. The van der Waals surface area contributed by atoms with Crippen LogP contribution in [-0.2, 0) is 9.53 Å². The van der Waals surface area contributed by atoms with Gasteiger partial charge in [-0.25, -0.2) is 13.6 Å². The SMILES string of the molecule is O=C(C[N+]12CCC(CC1)[C@@H](OC(=O)C(Nc1ccccc1F)c1ccc(F)cc1)C2)c1cccs1.[Cl-]. The van der Waals surface area contributed by atoms with Crippen LogP contribution >= 0.6 is 11.3 Å². The Hall–Kier alpha value is -2.81. The van der Waals surface area contributed by atoms with E-state index in [4.69, 9.17) is 4.74 Å². The van der Waals surface area contributed by atoms with Gasteiger partial charge in [-0.05, 0) is 41.3 Å². The highest BCUT2D eigenvalue weighted by atomic mass is 35.5. The molecule has 3 aliphatic rings. The number of Topliss-reactive ketones (excluding diaryl/α,β-unsaturated/α-hetero) is 1. The number of hydrogen-bond donors (Lipinski definition) is 1. The van der Waals surface area contributed by atoms with Gasteiger partial charge in [0.15, 0.2) is 12.1 Å². The Morgan fingerprint density at radius 2 is 1.75 bits per heavy atom. The number of piperidine rings is 3. The van der Waals surface area contributed by atoms with Crippen LogP contribution in [0.2, 0.25) is 0 Å². The number of quaternary nitrogens is 1. The zero-order chi connectivity index (χ0) is 24.4. The van der Waals surface area contributed by atoms with E-state index in [9.17, 15) is 18.4 Å². The molecule has 2 aromatic carbocycles. The number of carbonyl (C=O) groups excluding carboxylic acids is 2. The molecule has 0 radical (unpaired) electrons. The molecule has 2 atom stereocenters. The van der Waals surface area contributed by atoms with Crippen molar-refractivity contribution in [1.29, 1.82) is 0 Å². The summed E-state index contributed by atoms with van der Waals surface area (Å²) in [4.78, 5) is 27.0. The number of ketones is 1. The van der Waals surface area contributed by atoms with Crippen LogP contribution in [0.5, 0.6) is 0 Å². The summed E-state index contributed by atoms with van der Waals surface area (Å²) in [5.41, 5.74) is 0.649. The van der Waals surface area contributed by atoms with E-state index < -0.39 is 23.6 Å². The number of ether oxygens (including phenoxy) is 1. The maximum Gasteiger partial charge on any atom is 0.333 e. The number of benzene rings is 2. The Kier molecular flexibility index (Phi) is 8.07. The van der Waals surface area contributed by atoms with E-state index in [2.05, 4.69) is 5.32 Å². The maximum absolute atomic E-state index is 14.4. The first kappa shape index (κ1) is 26.3. The second kappa shape index (κ2) is 11.1. The third-order valence-electron chi connectivity index (χ3n) is 7.20. The number of fused-ring (bicyclic) bond motifs is 3. The Bertz CT molecular complexity index is 1200. The molecular weight excluding hydrogens is 506 g/mol. The lowest BCUT2D eigenvalue weighted by molar-refractivity contribution is -0.938. The van der Waals surface area contributed by atoms with Crippen molar-refractivity contribution in [3.8, 4) is 0 Å². The van der Waals surface area contributed by atoms with Crippen molar-refractivity contribution in [2.24, 2.45) is 5.92 Å². The first-order valence-electron chi connectivity index (χ1n) is 11.8. The van der Waals surface area contributed by atoms with Crippen LogP contribution in [0.3, 0.4) is 0 Å². The quantitative estimate of drug-likeness (QED) is 0.275. The number of nitrogens with one attached hydrogen (secondary N) is 1. The molecule has 1 aromatic heterocycles. The zero-order valence-corrected chi connectivity index (χ0v) is 21.1. The zero-order valence-electron chi connectivity index (χ0n) is 19.5. The molecule has 0 spiro atoms. The number of para-hydroxylation sites is 1. The highest BCUT2D eigenvalue weighted by Gasteiger charge is 2.49. The van der Waals surface area contributed by atoms with Crippen LogP contribution in [0.25, 0.3) is 0 Å². The number of anilines is 1. The highest BCUT2D eigenvalue weighted by molar-refractivity contribution is 7.12. The van der Waals surface area contributed by atoms with E-state index in [0.717, 1.165) is 30.8 Å². The van der Waals surface area contributed by atoms with E-state index in [0.29, 0.717) is 23.1 Å². The molecule has 0 saturated carbocycles. The minimum atomic E-state index is -0.996. The van der Waals surface area contributed by atoms with Crippen molar-refractivity contribution >= 4 is 28.8 Å². The van der Waals surface area contributed by atoms with E-state index in [-0.39, 0.29) is 35.9 Å². The fourth-order valence-electron chi connectivity index (χ4n) is 5.28. The van der Waals surface area contributed by atoms with E-state index in [1.807, 2.05) is 17.5 Å². The molecule has 1 unspecified atom stereocenters. The fourth-order valence-corrected chi connectivity index (χ4v) is 5.94. The third-order valence-corrected chi connectivity index (χ3v) is 8.11. The van der Waals surface area contributed by atoms with Gasteiger partial charge in [0.05, 0.1) is 23.7 Å². The van der Waals surface area contributed by atoms with Crippen LogP contribution in [-0.4, -0.2) is 48.5 Å². The van der Waals surface area contributed by atoms with Crippen molar-refractivity contribution in [3.05, 3.63) is 88.1 Å². The Balaban J connectivity index is 0.00000304. The molecule has 1 N–H and O–H groups in total. The van der Waals surface area contributed by atoms with Crippen LogP contribution in [0.1, 0.15) is 34.1 Å². The molecule has 5 nitrogen and oxygen atoms in total. The van der Waals surface area contributed by atoms with E-state index in [1.54, 1.807) is 18.2 Å². The minimum Gasteiger partial charge on any atom is -1.00 e. The van der Waals surface area contributed by atoms with Gasteiger partial charge in [-0.15, -0.1) is 11.3 Å². The van der Waals surface area contributed by atoms with E-state index in [1.165, 1.54) is 41.7 Å². The lowest BCUT2D eigenvalue weighted by atomic mass is 9.83. The van der Waals surface area contributed by atoms with Crippen molar-refractivity contribution in [1.82, 2.24) is 0 Å². The fraction of sp³-hybridized carbons (Fsp3) is 0.333. The van der Waals surface area contributed by atoms with Gasteiger partial charge in [-0.1, -0.05) is 30.3 Å². The summed E-state index contributed by atoms with van der Waals surface area (Å²) >= 11 is 1.45. The molecule has 9 heteroatoms. The van der Waals surface area contributed by atoms with Gasteiger partial charge in [0.2, 0.25) is 5.78 Å². The predicted molar refractivity (Wildman–Crippen MR) is 130 cm³/mol. The molecule has 6 rings (SSSR count). The average molecular weight is 533 g/mol. The Labute approximate surface area is 219 Å². The minimum absolute atomic E-state index is 0. The van der Waals surface area contributed by atoms with Crippen LogP contribution in [0.15, 0.2) is 66.0 Å². The summed E-state index contributed by atoms with van der Waals surface area (Å²) in [6, 6.07) is 14.4. The molecule has 4 heterocycles. The highest BCUT2D eigenvalue weighted by Crippen LogP contribution is 2.37. The topological polar surface area (TPSA) is 55.4 Å². The predicted octanol–water partition coefficient (Wildman–Crippen LogP) is 2.22. The number of carbonyl (C=O) groups is 2. The lowest BCUT2D eigenvalue weighted by Crippen LogP contribution is -3.00. The normalized spacial score (nSPS) is 23.4. The number of thiophene rings is 1. The van der Waals surface area contributed by atoms with Gasteiger partial charge in [0.25, 0.3) is 0 Å². The lowest BCUT2D eigenvalue weighted by Gasteiger charge is -2.51. The molecule has 2 bridgehead atoms. The smallest absolute Gasteiger partial charge is 0.333 e. The third kappa shape index (κ3) is 5.61. The molecule has 190 valence electrons. The molecule has 36 heavy (non-hydrogen) atoms. The van der Waals surface area contributed by atoms with E-state index >= 15 is 0 Å². The van der Waals surface area contributed by atoms with Gasteiger partial charge in [0.1, 0.15) is 24.7 Å². The standard InChI is InChI=1S/C27H27F2N2O3S.ClH/c28-20-9-7-19(8-10-20)26(30-22-5-2-1-4-21(22)29)27(33)34-24-17-31(13-11-18(24)12-14-31)16-23(32)25-6-3-15-35-25;/h1-10,15,18,24,26,30H,11-14,16-17H2;1H/q+1;/p-1/t18?,24-,26?,31?;/m0./s1. The number of rotatable bonds is 8. The second-order valence-corrected chi connectivity index (χ2v) is 10.4. The van der Waals surface area contributed by atoms with Crippen molar-refractivity contribution in [2.75, 3.05) is 31.5 Å². The van der Waals surface area contributed by atoms with Crippen molar-refractivity contribution < 1.29 is 40.0 Å². The van der Waals surface area contributed by atoms with Crippen molar-refractivity contribution in [3.63, 3.8) is 0 Å². The Morgan fingerprint density at radius 1 is 1.03 bits per heavy atom. The van der Waals surface area contributed by atoms with Gasteiger partial charge in [-0.2, -0.15) is 0 Å². The summed E-state index contributed by atoms with van der Waals surface area (Å²) in [6.07, 6.45) is 1.45.